The Labute approximate surface area is 107 Å². The van der Waals surface area contributed by atoms with Gasteiger partial charge in [0, 0.05) is 4.88 Å². The summed E-state index contributed by atoms with van der Waals surface area (Å²) in [6.07, 6.45) is 0. The maximum Gasteiger partial charge on any atom is 0.186 e. The van der Waals surface area contributed by atoms with E-state index in [0.29, 0.717) is 11.0 Å². The minimum atomic E-state index is 0.146. The Morgan fingerprint density at radius 3 is 2.56 bits per heavy atom. The smallest absolute Gasteiger partial charge is 0.186 e. The van der Waals surface area contributed by atoms with E-state index in [4.69, 9.17) is 11.6 Å². The summed E-state index contributed by atoms with van der Waals surface area (Å²) in [4.78, 5) is 5.61. The van der Waals surface area contributed by atoms with E-state index < -0.39 is 0 Å². The fourth-order valence-electron chi connectivity index (χ4n) is 1.48. The Bertz CT molecular complexity index is 493. The molecule has 0 fully saturated rings. The van der Waals surface area contributed by atoms with Gasteiger partial charge in [-0.25, -0.2) is 4.98 Å². The van der Waals surface area contributed by atoms with Crippen molar-refractivity contribution >= 4 is 40.5 Å². The second kappa shape index (κ2) is 4.65. The molecule has 7 heteroatoms. The summed E-state index contributed by atoms with van der Waals surface area (Å²) in [6.45, 7) is 6.08. The van der Waals surface area contributed by atoms with Gasteiger partial charge in [-0.15, -0.1) is 11.3 Å². The van der Waals surface area contributed by atoms with E-state index in [0.717, 1.165) is 22.4 Å². The molecular weight excluding hydrogens is 264 g/mol. The highest BCUT2D eigenvalue weighted by molar-refractivity contribution is 7.11. The van der Waals surface area contributed by atoms with Crippen LogP contribution in [0.1, 0.15) is 28.5 Å². The normalized spacial score (nSPS) is 12.8. The van der Waals surface area contributed by atoms with Crippen LogP contribution in [-0.4, -0.2) is 13.7 Å². The van der Waals surface area contributed by atoms with Crippen LogP contribution in [-0.2, 0) is 0 Å². The molecule has 4 nitrogen and oxygen atoms in total. The van der Waals surface area contributed by atoms with Crippen LogP contribution in [0.25, 0.3) is 0 Å². The van der Waals surface area contributed by atoms with E-state index in [1.54, 1.807) is 11.3 Å². The zero-order valence-electron chi connectivity index (χ0n) is 9.11. The van der Waals surface area contributed by atoms with Crippen molar-refractivity contribution in [1.82, 2.24) is 13.7 Å². The Morgan fingerprint density at radius 1 is 1.31 bits per heavy atom. The number of nitrogens with zero attached hydrogens (tertiary/aromatic N) is 3. The maximum atomic E-state index is 5.88. The minimum absolute atomic E-state index is 0.146. The van der Waals surface area contributed by atoms with Crippen LogP contribution in [0.4, 0.5) is 5.82 Å². The molecule has 1 N–H and O–H groups in total. The summed E-state index contributed by atoms with van der Waals surface area (Å²) in [5, 5.41) is 4.74. The van der Waals surface area contributed by atoms with Gasteiger partial charge in [0.2, 0.25) is 0 Å². The zero-order chi connectivity index (χ0) is 11.7. The highest BCUT2D eigenvalue weighted by atomic mass is 35.5. The topological polar surface area (TPSA) is 50.7 Å². The number of thiazole rings is 1. The lowest BCUT2D eigenvalue weighted by atomic mass is 10.2. The molecule has 2 aromatic rings. The summed E-state index contributed by atoms with van der Waals surface area (Å²) >= 11 is 8.67. The van der Waals surface area contributed by atoms with Gasteiger partial charge in [0.15, 0.2) is 11.0 Å². The van der Waals surface area contributed by atoms with Crippen molar-refractivity contribution in [2.45, 2.75) is 26.8 Å². The van der Waals surface area contributed by atoms with E-state index >= 15 is 0 Å². The van der Waals surface area contributed by atoms with Crippen molar-refractivity contribution in [3.05, 3.63) is 20.7 Å². The predicted molar refractivity (Wildman–Crippen MR) is 68.5 cm³/mol. The Morgan fingerprint density at radius 2 is 2.06 bits per heavy atom. The maximum absolute atomic E-state index is 5.88. The molecule has 0 aromatic carbocycles. The van der Waals surface area contributed by atoms with Crippen LogP contribution < -0.4 is 5.32 Å². The first-order valence-corrected chi connectivity index (χ1v) is 6.69. The van der Waals surface area contributed by atoms with Crippen molar-refractivity contribution in [3.8, 4) is 0 Å². The van der Waals surface area contributed by atoms with E-state index in [1.807, 2.05) is 13.8 Å². The Kier molecular flexibility index (Phi) is 3.41. The van der Waals surface area contributed by atoms with E-state index in [-0.39, 0.29) is 6.04 Å². The van der Waals surface area contributed by atoms with Gasteiger partial charge in [0.25, 0.3) is 0 Å². The molecule has 1 unspecified atom stereocenters. The molecule has 1 atom stereocenters. The summed E-state index contributed by atoms with van der Waals surface area (Å²) in [6, 6.07) is 0.146. The van der Waals surface area contributed by atoms with Gasteiger partial charge in [0.1, 0.15) is 0 Å². The SMILES string of the molecule is Cc1nc(C)c(C(C)Nc2nsnc2Cl)s1. The Hall–Kier alpha value is -0.720. The standard InChI is InChI=1S/C9H11ClN4S2/c1-4-7(15-6(3)11-4)5(2)12-9-8(10)13-16-14-9/h5H,1-3H3,(H,12,14). The number of hydrogen-bond acceptors (Lipinski definition) is 6. The lowest BCUT2D eigenvalue weighted by molar-refractivity contribution is 0.884. The molecule has 0 bridgehead atoms. The first-order valence-electron chi connectivity index (χ1n) is 4.76. The summed E-state index contributed by atoms with van der Waals surface area (Å²) in [5.41, 5.74) is 1.06. The fourth-order valence-corrected chi connectivity index (χ4v) is 3.07. The Balaban J connectivity index is 2.17. The van der Waals surface area contributed by atoms with Crippen LogP contribution >= 0.6 is 34.7 Å². The second-order valence-corrected chi connectivity index (χ2v) is 5.57. The van der Waals surface area contributed by atoms with Crippen molar-refractivity contribution < 1.29 is 0 Å². The van der Waals surface area contributed by atoms with Crippen LogP contribution in [0.2, 0.25) is 5.15 Å². The highest BCUT2D eigenvalue weighted by Crippen LogP contribution is 2.29. The van der Waals surface area contributed by atoms with Crippen LogP contribution in [0.5, 0.6) is 0 Å². The van der Waals surface area contributed by atoms with E-state index in [1.165, 1.54) is 4.88 Å². The lowest BCUT2D eigenvalue weighted by Gasteiger charge is -2.11. The highest BCUT2D eigenvalue weighted by Gasteiger charge is 2.15. The van der Waals surface area contributed by atoms with Crippen molar-refractivity contribution in [1.29, 1.82) is 0 Å². The molecular formula is C9H11ClN4S2. The quantitative estimate of drug-likeness (QED) is 0.932. The molecule has 0 saturated heterocycles. The number of aromatic nitrogens is 3. The largest absolute Gasteiger partial charge is 0.359 e. The summed E-state index contributed by atoms with van der Waals surface area (Å²) < 4.78 is 8.00. The molecule has 0 radical (unpaired) electrons. The molecule has 0 saturated carbocycles. The number of rotatable bonds is 3. The van der Waals surface area contributed by atoms with Gasteiger partial charge in [-0.1, -0.05) is 11.6 Å². The number of halogens is 1. The van der Waals surface area contributed by atoms with Gasteiger partial charge in [-0.3, -0.25) is 0 Å². The van der Waals surface area contributed by atoms with E-state index in [2.05, 4.69) is 26.0 Å². The minimum Gasteiger partial charge on any atom is -0.359 e. The third-order valence-corrected chi connectivity index (χ3v) is 4.28. The van der Waals surface area contributed by atoms with Crippen LogP contribution in [0.15, 0.2) is 0 Å². The summed E-state index contributed by atoms with van der Waals surface area (Å²) in [7, 11) is 0. The fraction of sp³-hybridized carbons (Fsp3) is 0.444. The third-order valence-electron chi connectivity index (χ3n) is 2.13. The molecule has 2 aromatic heterocycles. The average Bonchev–Trinajstić information content (AvgIpc) is 2.74. The second-order valence-electron chi connectivity index (χ2n) is 3.45. The molecule has 0 aliphatic carbocycles. The first kappa shape index (κ1) is 11.8. The van der Waals surface area contributed by atoms with Gasteiger partial charge >= 0.3 is 0 Å². The van der Waals surface area contributed by atoms with Gasteiger partial charge in [0.05, 0.1) is 28.5 Å². The number of hydrogen-bond donors (Lipinski definition) is 1. The van der Waals surface area contributed by atoms with Crippen molar-refractivity contribution in [2.75, 3.05) is 5.32 Å². The van der Waals surface area contributed by atoms with Crippen molar-refractivity contribution in [2.24, 2.45) is 0 Å². The number of anilines is 1. The molecule has 2 rings (SSSR count). The van der Waals surface area contributed by atoms with Crippen LogP contribution in [0, 0.1) is 13.8 Å². The molecule has 86 valence electrons. The third kappa shape index (κ3) is 2.34. The number of nitrogens with one attached hydrogen (secondary N) is 1. The molecule has 0 amide bonds. The molecule has 0 aliphatic heterocycles. The summed E-state index contributed by atoms with van der Waals surface area (Å²) in [5.74, 6) is 0.643. The first-order chi connectivity index (χ1) is 7.58. The van der Waals surface area contributed by atoms with Gasteiger partial charge < -0.3 is 5.32 Å². The van der Waals surface area contributed by atoms with Gasteiger partial charge in [-0.2, -0.15) is 8.75 Å². The lowest BCUT2D eigenvalue weighted by Crippen LogP contribution is -2.06. The van der Waals surface area contributed by atoms with Crippen molar-refractivity contribution in [3.63, 3.8) is 0 Å². The molecule has 16 heavy (non-hydrogen) atoms. The monoisotopic (exact) mass is 274 g/mol. The van der Waals surface area contributed by atoms with Gasteiger partial charge in [-0.05, 0) is 20.8 Å². The van der Waals surface area contributed by atoms with E-state index in [9.17, 15) is 0 Å². The van der Waals surface area contributed by atoms with Crippen LogP contribution in [0.3, 0.4) is 0 Å². The number of aryl methyl sites for hydroxylation is 2. The molecule has 0 aliphatic rings. The average molecular weight is 275 g/mol. The zero-order valence-corrected chi connectivity index (χ0v) is 11.5. The molecule has 2 heterocycles. The predicted octanol–water partition coefficient (Wildman–Crippen LogP) is 3.44. The molecule has 0 spiro atoms.